The van der Waals surface area contributed by atoms with Crippen molar-refractivity contribution in [3.63, 3.8) is 0 Å². The van der Waals surface area contributed by atoms with E-state index in [-0.39, 0.29) is 223 Å². The fourth-order valence-corrected chi connectivity index (χ4v) is 3.75. The van der Waals surface area contributed by atoms with Crippen molar-refractivity contribution in [2.75, 3.05) is 0 Å². The Labute approximate surface area is 370 Å². The lowest BCUT2D eigenvalue weighted by molar-refractivity contribution is 0.220. The first-order valence-electron chi connectivity index (χ1n) is 10.7. The van der Waals surface area contributed by atoms with E-state index in [4.69, 9.17) is 0 Å². The van der Waals surface area contributed by atoms with Crippen molar-refractivity contribution in [3.8, 4) is 0 Å². The summed E-state index contributed by atoms with van der Waals surface area (Å²) in [4.78, 5) is 0. The highest BCUT2D eigenvalue weighted by Crippen LogP contribution is 2.32. The van der Waals surface area contributed by atoms with Crippen LogP contribution in [0.4, 0.5) is 0 Å². The van der Waals surface area contributed by atoms with E-state index in [1.807, 2.05) is 0 Å². The summed E-state index contributed by atoms with van der Waals surface area (Å²) in [5.74, 6) is 5.34. The fourth-order valence-electron chi connectivity index (χ4n) is 3.75. The molecular formula is C53H168. The van der Waals surface area contributed by atoms with Crippen LogP contribution < -0.4 is 0 Å². The third-order valence-electron chi connectivity index (χ3n) is 5.70. The predicted molar refractivity (Wildman–Crippen MR) is 310 cm³/mol. The van der Waals surface area contributed by atoms with Crippen molar-refractivity contribution in [3.05, 3.63) is 0 Å². The van der Waals surface area contributed by atoms with Gasteiger partial charge in [0, 0.05) is 0 Å². The smallest absolute Gasteiger partial charge is 0.0388 e. The molecule has 0 aliphatic rings. The summed E-state index contributed by atoms with van der Waals surface area (Å²) < 4.78 is 0. The minimum Gasteiger partial charge on any atom is -0.0776 e. The number of hydrogen-bond acceptors (Lipinski definition) is 0. The van der Waals surface area contributed by atoms with Crippen LogP contribution in [0.1, 0.15) is 336 Å². The van der Waals surface area contributed by atoms with Gasteiger partial charge in [0.15, 0.2) is 0 Å². The molecule has 0 aromatic carbocycles. The molecular weight excluding hydrogens is 637 g/mol. The van der Waals surface area contributed by atoms with Gasteiger partial charge in [-0.3, -0.25) is 0 Å². The average Bonchev–Trinajstić information content (AvgIpc) is 2.43. The lowest BCUT2D eigenvalue weighted by Crippen LogP contribution is -2.18. The van der Waals surface area contributed by atoms with Crippen molar-refractivity contribution >= 4 is 0 Å². The van der Waals surface area contributed by atoms with Crippen LogP contribution >= 0.6 is 0 Å². The fraction of sp³-hybridized carbons (Fsp3) is 1.00. The molecule has 53 heavy (non-hydrogen) atoms. The molecule has 0 amide bonds. The molecule has 2 atom stereocenters. The molecule has 0 bridgehead atoms. The van der Waals surface area contributed by atoms with Gasteiger partial charge in [-0.2, -0.15) is 0 Å². The second-order valence-corrected chi connectivity index (χ2v) is 9.60. The SMILES string of the molecule is C.C.C.C.C.C.C.C.C.C.C.C.C.C.C.C.C.C.C.C.C.C.C.C.C.C.C.C.C.C.CC(C)CCCCC(CC(CCCCC(C)C)C(C)C)C(C)C. The second kappa shape index (κ2) is 186. The van der Waals surface area contributed by atoms with E-state index < -0.39 is 0 Å². The molecule has 0 spiro atoms. The molecule has 380 valence electrons. The summed E-state index contributed by atoms with van der Waals surface area (Å²) >= 11 is 0. The Balaban J connectivity index is -0.00000000556. The van der Waals surface area contributed by atoms with Gasteiger partial charge in [-0.05, 0) is 41.9 Å². The number of rotatable bonds is 14. The Kier molecular flexibility index (Phi) is 1040. The zero-order valence-corrected chi connectivity index (χ0v) is 17.8. The first-order chi connectivity index (χ1) is 10.7. The molecule has 0 aliphatic carbocycles. The van der Waals surface area contributed by atoms with Crippen molar-refractivity contribution in [1.82, 2.24) is 0 Å². The van der Waals surface area contributed by atoms with Crippen LogP contribution in [0.3, 0.4) is 0 Å². The van der Waals surface area contributed by atoms with Gasteiger partial charge in [0.2, 0.25) is 0 Å². The molecule has 0 saturated carbocycles. The highest BCUT2D eigenvalue weighted by Gasteiger charge is 2.21. The van der Waals surface area contributed by atoms with E-state index in [0.29, 0.717) is 0 Å². The Hall–Kier alpha value is 0. The average molecular weight is 806 g/mol. The van der Waals surface area contributed by atoms with E-state index in [1.54, 1.807) is 0 Å². The number of hydrogen-bond donors (Lipinski definition) is 0. The van der Waals surface area contributed by atoms with Crippen molar-refractivity contribution in [1.29, 1.82) is 0 Å². The van der Waals surface area contributed by atoms with Crippen LogP contribution in [0, 0.1) is 35.5 Å². The van der Waals surface area contributed by atoms with Gasteiger partial charge in [-0.1, -0.05) is 330 Å². The largest absolute Gasteiger partial charge is 0.0776 e. The zero-order valence-electron chi connectivity index (χ0n) is 17.8. The maximum atomic E-state index is 2.45. The predicted octanol–water partition coefficient (Wildman–Crippen LogP) is 27.4. The minimum atomic E-state index is 0. The van der Waals surface area contributed by atoms with Gasteiger partial charge in [0.25, 0.3) is 0 Å². The summed E-state index contributed by atoms with van der Waals surface area (Å²) in [6.07, 6.45) is 13.0. The molecule has 0 saturated heterocycles. The van der Waals surface area contributed by atoms with Gasteiger partial charge in [0.05, 0.1) is 0 Å². The zero-order chi connectivity index (χ0) is 17.8. The molecule has 0 heteroatoms. The summed E-state index contributed by atoms with van der Waals surface area (Å²) in [7, 11) is 0. The highest BCUT2D eigenvalue weighted by molar-refractivity contribution is 4.72. The molecule has 0 fully saturated rings. The molecule has 0 rings (SSSR count). The molecule has 0 heterocycles. The monoisotopic (exact) mass is 805 g/mol. The molecule has 0 aromatic heterocycles. The maximum Gasteiger partial charge on any atom is -0.0388 e. The summed E-state index contributed by atoms with van der Waals surface area (Å²) in [5.41, 5.74) is 0. The van der Waals surface area contributed by atoms with Gasteiger partial charge in [-0.15, -0.1) is 0 Å². The Morgan fingerprint density at radius 3 is 0.453 bits per heavy atom. The minimum absolute atomic E-state index is 0. The van der Waals surface area contributed by atoms with E-state index >= 15 is 0 Å². The van der Waals surface area contributed by atoms with Crippen molar-refractivity contribution in [2.24, 2.45) is 35.5 Å². The normalized spacial score (nSPS) is 6.57. The van der Waals surface area contributed by atoms with Crippen LogP contribution in [0.25, 0.3) is 0 Å². The van der Waals surface area contributed by atoms with E-state index in [9.17, 15) is 0 Å². The topological polar surface area (TPSA) is 0 Å². The van der Waals surface area contributed by atoms with Gasteiger partial charge in [-0.25, -0.2) is 0 Å². The van der Waals surface area contributed by atoms with E-state index in [1.165, 1.54) is 57.8 Å². The van der Waals surface area contributed by atoms with Gasteiger partial charge >= 0.3 is 0 Å². The summed E-state index contributed by atoms with van der Waals surface area (Å²) in [6, 6.07) is 0. The Bertz CT molecular complexity index is 223. The van der Waals surface area contributed by atoms with Crippen molar-refractivity contribution < 1.29 is 0 Å². The molecule has 0 aliphatic heterocycles. The van der Waals surface area contributed by atoms with Crippen LogP contribution in [-0.2, 0) is 0 Å². The van der Waals surface area contributed by atoms with Crippen molar-refractivity contribution in [2.45, 2.75) is 336 Å². The van der Waals surface area contributed by atoms with Crippen LogP contribution in [0.2, 0.25) is 0 Å². The maximum absolute atomic E-state index is 2.45. The van der Waals surface area contributed by atoms with Gasteiger partial charge < -0.3 is 0 Å². The molecule has 2 unspecified atom stereocenters. The third-order valence-corrected chi connectivity index (χ3v) is 5.70. The first-order valence-corrected chi connectivity index (χ1v) is 10.7. The molecule has 0 nitrogen and oxygen atoms in total. The lowest BCUT2D eigenvalue weighted by atomic mass is 9.77. The quantitative estimate of drug-likeness (QED) is 0.153. The number of unbranched alkanes of at least 4 members (excludes halogenated alkanes) is 2. The summed E-state index contributed by atoms with van der Waals surface area (Å²) in [6.45, 7) is 19.2. The van der Waals surface area contributed by atoms with Crippen LogP contribution in [0.15, 0.2) is 0 Å². The van der Waals surface area contributed by atoms with Crippen LogP contribution in [-0.4, -0.2) is 0 Å². The third kappa shape index (κ3) is 192. The van der Waals surface area contributed by atoms with E-state index in [0.717, 1.165) is 35.5 Å². The Morgan fingerprint density at radius 1 is 0.208 bits per heavy atom. The van der Waals surface area contributed by atoms with Crippen LogP contribution in [0.5, 0.6) is 0 Å². The second-order valence-electron chi connectivity index (χ2n) is 9.60. The molecule has 0 radical (unpaired) electrons. The summed E-state index contributed by atoms with van der Waals surface area (Å²) in [5, 5.41) is 0. The standard InChI is InChI=1S/C23H48.30CH4/c1-18(2)13-9-11-15-22(20(5)6)17-23(21(7)8)16-12-10-14-19(3)4;;;;;;;;;;;;;;;;;;;;;;;;;;;;;;/h18-23H,9-17H2,1-8H3;30*1H4. The molecule has 0 N–H and O–H groups in total. The first kappa shape index (κ1) is 296. The lowest BCUT2D eigenvalue weighted by Gasteiger charge is -2.29. The van der Waals surface area contributed by atoms with Gasteiger partial charge in [0.1, 0.15) is 0 Å². The Morgan fingerprint density at radius 2 is 0.340 bits per heavy atom. The highest BCUT2D eigenvalue weighted by atomic mass is 14.3. The molecule has 0 aromatic rings. The van der Waals surface area contributed by atoms with E-state index in [2.05, 4.69) is 55.4 Å².